The second kappa shape index (κ2) is 13.6. The van der Waals surface area contributed by atoms with Gasteiger partial charge in [0.05, 0.1) is 23.9 Å². The molecule has 1 unspecified atom stereocenters. The third kappa shape index (κ3) is 6.23. The van der Waals surface area contributed by atoms with Crippen LogP contribution in [0.4, 0.5) is 5.13 Å². The predicted molar refractivity (Wildman–Crippen MR) is 184 cm³/mol. The van der Waals surface area contributed by atoms with Crippen LogP contribution >= 0.6 is 34.7 Å². The van der Waals surface area contributed by atoms with Crippen molar-refractivity contribution >= 4 is 62.9 Å². The number of aromatic nitrogens is 4. The fraction of sp³-hybridized carbons (Fsp3) is 0.206. The molecule has 1 amide bonds. The van der Waals surface area contributed by atoms with E-state index in [0.29, 0.717) is 50.1 Å². The summed E-state index contributed by atoms with van der Waals surface area (Å²) in [6.07, 6.45) is 3.45. The molecular weight excluding hydrogens is 658 g/mol. The first kappa shape index (κ1) is 32.3. The number of pyridine rings is 1. The van der Waals surface area contributed by atoms with Gasteiger partial charge in [0.2, 0.25) is 5.13 Å². The fourth-order valence-electron chi connectivity index (χ4n) is 5.33. The van der Waals surface area contributed by atoms with Gasteiger partial charge >= 0.3 is 5.91 Å². The van der Waals surface area contributed by atoms with Crippen LogP contribution in [0, 0.1) is 13.8 Å². The summed E-state index contributed by atoms with van der Waals surface area (Å²) >= 11 is 8.65. The number of nitrogens with zero attached hydrogens (tertiary/aromatic N) is 5. The van der Waals surface area contributed by atoms with Crippen LogP contribution in [0.25, 0.3) is 11.4 Å². The molecule has 0 radical (unpaired) electrons. The maximum atomic E-state index is 13.9. The molecule has 1 atom stereocenters. The minimum absolute atomic E-state index is 0.119. The van der Waals surface area contributed by atoms with Gasteiger partial charge in [-0.05, 0) is 67.8 Å². The monoisotopic (exact) mass is 687 g/mol. The molecule has 4 heterocycles. The highest BCUT2D eigenvalue weighted by molar-refractivity contribution is 8.00. The number of imidazole rings is 1. The van der Waals surface area contributed by atoms with Crippen LogP contribution < -0.4 is 14.4 Å². The van der Waals surface area contributed by atoms with Crippen LogP contribution in [-0.4, -0.2) is 49.6 Å². The lowest BCUT2D eigenvalue weighted by Gasteiger charge is -2.23. The van der Waals surface area contributed by atoms with Crippen LogP contribution in [0.1, 0.15) is 41.0 Å². The minimum Gasteiger partial charge on any atom is -0.505 e. The average Bonchev–Trinajstić information content (AvgIpc) is 3.75. The van der Waals surface area contributed by atoms with Crippen molar-refractivity contribution in [3.05, 3.63) is 112 Å². The zero-order valence-electron chi connectivity index (χ0n) is 25.8. The number of carbonyl (C=O) groups is 2. The van der Waals surface area contributed by atoms with E-state index in [1.807, 2.05) is 60.8 Å². The molecule has 10 nitrogen and oxygen atoms in total. The van der Waals surface area contributed by atoms with E-state index >= 15 is 0 Å². The number of halogens is 1. The second-order valence-electron chi connectivity index (χ2n) is 10.6. The first-order chi connectivity index (χ1) is 22.7. The highest BCUT2D eigenvalue weighted by Gasteiger charge is 2.49. The highest BCUT2D eigenvalue weighted by atomic mass is 35.5. The van der Waals surface area contributed by atoms with Gasteiger partial charge in [0, 0.05) is 17.0 Å². The molecule has 240 valence electrons. The van der Waals surface area contributed by atoms with Crippen molar-refractivity contribution in [1.29, 1.82) is 0 Å². The Kier molecular flexibility index (Phi) is 9.35. The maximum Gasteiger partial charge on any atom is 0.301 e. The third-order valence-electron chi connectivity index (χ3n) is 7.57. The number of aliphatic hydroxyl groups excluding tert-OH is 1. The van der Waals surface area contributed by atoms with Gasteiger partial charge in [-0.25, -0.2) is 4.98 Å². The van der Waals surface area contributed by atoms with Gasteiger partial charge in [-0.2, -0.15) is 0 Å². The Hall–Kier alpha value is -4.65. The van der Waals surface area contributed by atoms with Gasteiger partial charge in [-0.1, -0.05) is 71.6 Å². The fourth-order valence-corrected chi connectivity index (χ4v) is 7.28. The first-order valence-corrected chi connectivity index (χ1v) is 16.9. The van der Waals surface area contributed by atoms with Crippen molar-refractivity contribution < 1.29 is 24.2 Å². The predicted octanol–water partition coefficient (Wildman–Crippen LogP) is 7.34. The van der Waals surface area contributed by atoms with Crippen LogP contribution in [0.15, 0.2) is 83.4 Å². The number of ether oxygens (including phenoxy) is 2. The normalized spacial score (nSPS) is 15.8. The summed E-state index contributed by atoms with van der Waals surface area (Å²) in [5.74, 6) is -0.613. The SMILES string of the molecule is C=CCOc1ccc(C2C(=C(O)c3nc4c(C)cccn4c3C)C(=O)C(=O)N2c2nnc(SCc3ccc(Cl)cc3)s2)cc1OCC. The Morgan fingerprint density at radius 3 is 2.62 bits per heavy atom. The van der Waals surface area contributed by atoms with E-state index in [0.717, 1.165) is 11.1 Å². The number of carbonyl (C=O) groups excluding carboxylic acids is 2. The van der Waals surface area contributed by atoms with Gasteiger partial charge in [-0.3, -0.25) is 14.5 Å². The van der Waals surface area contributed by atoms with E-state index < -0.39 is 17.7 Å². The lowest BCUT2D eigenvalue weighted by molar-refractivity contribution is -0.132. The van der Waals surface area contributed by atoms with Crippen LogP contribution in [0.2, 0.25) is 5.02 Å². The molecule has 0 aliphatic carbocycles. The number of hydrogen-bond donors (Lipinski definition) is 1. The number of ketones is 1. The summed E-state index contributed by atoms with van der Waals surface area (Å²) in [6, 6.07) is 15.4. The van der Waals surface area contributed by atoms with Crippen molar-refractivity contribution in [3.8, 4) is 11.5 Å². The molecular formula is C34H30ClN5O5S2. The summed E-state index contributed by atoms with van der Waals surface area (Å²) < 4.78 is 14.1. The molecule has 2 aromatic carbocycles. The smallest absolute Gasteiger partial charge is 0.301 e. The quantitative estimate of drug-likeness (QED) is 0.0380. The highest BCUT2D eigenvalue weighted by Crippen LogP contribution is 2.46. The summed E-state index contributed by atoms with van der Waals surface area (Å²) in [7, 11) is 0. The Morgan fingerprint density at radius 1 is 1.11 bits per heavy atom. The van der Waals surface area contributed by atoms with E-state index in [-0.39, 0.29) is 28.8 Å². The van der Waals surface area contributed by atoms with E-state index in [1.165, 1.54) is 28.0 Å². The molecule has 13 heteroatoms. The van der Waals surface area contributed by atoms with Gasteiger partial charge in [0.25, 0.3) is 5.78 Å². The zero-order valence-corrected chi connectivity index (χ0v) is 28.2. The van der Waals surface area contributed by atoms with Crippen molar-refractivity contribution in [2.24, 2.45) is 0 Å². The van der Waals surface area contributed by atoms with Gasteiger partial charge < -0.3 is 19.0 Å². The standard InChI is InChI=1S/C34H30ClN5O5S2/c1-5-16-45-24-14-11-22(17-25(24)44-6-2)28-26(29(41)27-20(4)39-15-7-8-19(3)31(39)36-27)30(42)32(43)40(28)33-37-38-34(47-33)46-18-21-9-12-23(35)13-10-21/h5,7-15,17,28,41H,1,6,16,18H2,2-4H3. The third-order valence-corrected chi connectivity index (χ3v) is 9.95. The molecule has 6 rings (SSSR count). The lowest BCUT2D eigenvalue weighted by Crippen LogP contribution is -2.29. The molecule has 0 bridgehead atoms. The number of Topliss-reactive ketones (excluding diaryl/α,β-unsaturated/α-hetero) is 1. The van der Waals surface area contributed by atoms with E-state index in [1.54, 1.807) is 31.2 Å². The lowest BCUT2D eigenvalue weighted by atomic mass is 9.96. The Balaban J connectivity index is 1.47. The minimum atomic E-state index is -1.06. The van der Waals surface area contributed by atoms with Gasteiger partial charge in [0.15, 0.2) is 21.6 Å². The molecule has 47 heavy (non-hydrogen) atoms. The van der Waals surface area contributed by atoms with Crippen LogP contribution in [0.3, 0.4) is 0 Å². The molecule has 1 saturated heterocycles. The van der Waals surface area contributed by atoms with Gasteiger partial charge in [-0.15, -0.1) is 10.2 Å². The molecule has 0 saturated carbocycles. The Morgan fingerprint density at radius 2 is 1.89 bits per heavy atom. The zero-order chi connectivity index (χ0) is 33.2. The molecule has 5 aromatic rings. The van der Waals surface area contributed by atoms with Crippen molar-refractivity contribution in [1.82, 2.24) is 19.6 Å². The van der Waals surface area contributed by atoms with E-state index in [2.05, 4.69) is 21.8 Å². The molecule has 1 N–H and O–H groups in total. The molecule has 1 aliphatic heterocycles. The summed E-state index contributed by atoms with van der Waals surface area (Å²) in [5, 5.41) is 21.3. The Labute approximate surface area is 284 Å². The first-order valence-electron chi connectivity index (χ1n) is 14.7. The van der Waals surface area contributed by atoms with Crippen molar-refractivity contribution in [2.45, 2.75) is 36.9 Å². The number of fused-ring (bicyclic) bond motifs is 1. The number of rotatable bonds is 11. The number of hydrogen-bond acceptors (Lipinski definition) is 10. The number of anilines is 1. The summed E-state index contributed by atoms with van der Waals surface area (Å²) in [6.45, 7) is 9.86. The number of aliphatic hydroxyl groups is 1. The number of aryl methyl sites for hydroxylation is 2. The molecule has 3 aromatic heterocycles. The topological polar surface area (TPSA) is 119 Å². The number of amides is 1. The number of benzene rings is 2. The average molecular weight is 688 g/mol. The summed E-state index contributed by atoms with van der Waals surface area (Å²) in [4.78, 5) is 33.7. The maximum absolute atomic E-state index is 13.9. The molecule has 0 spiro atoms. The van der Waals surface area contributed by atoms with E-state index in [9.17, 15) is 14.7 Å². The van der Waals surface area contributed by atoms with Crippen molar-refractivity contribution in [3.63, 3.8) is 0 Å². The largest absolute Gasteiger partial charge is 0.505 e. The van der Waals surface area contributed by atoms with E-state index in [4.69, 9.17) is 21.1 Å². The second-order valence-corrected chi connectivity index (χ2v) is 13.2. The molecule has 1 aliphatic rings. The van der Waals surface area contributed by atoms with Crippen LogP contribution in [-0.2, 0) is 15.3 Å². The Bertz CT molecular complexity index is 2040. The molecule has 1 fully saturated rings. The van der Waals surface area contributed by atoms with Crippen LogP contribution in [0.5, 0.6) is 11.5 Å². The summed E-state index contributed by atoms with van der Waals surface area (Å²) in [5.41, 5.74) is 3.76. The van der Waals surface area contributed by atoms with Crippen molar-refractivity contribution in [2.75, 3.05) is 18.1 Å². The number of thioether (sulfide) groups is 1. The van der Waals surface area contributed by atoms with Gasteiger partial charge in [0.1, 0.15) is 17.9 Å².